The normalized spacial score (nSPS) is 12.8. The lowest BCUT2D eigenvalue weighted by molar-refractivity contribution is -0.121. The number of amides is 1. The van der Waals surface area contributed by atoms with Crippen LogP contribution in [0.15, 0.2) is 41.2 Å². The molecule has 5 nitrogen and oxygen atoms in total. The molecular weight excluding hydrogens is 302 g/mol. The average Bonchev–Trinajstić information content (AvgIpc) is 3.03. The van der Waals surface area contributed by atoms with Crippen LogP contribution in [0.1, 0.15) is 36.1 Å². The quantitative estimate of drug-likeness (QED) is 0.845. The summed E-state index contributed by atoms with van der Waals surface area (Å²) in [5.41, 5.74) is 3.29. The summed E-state index contributed by atoms with van der Waals surface area (Å²) in [6, 6.07) is 11.9. The molecule has 3 rings (SSSR count). The van der Waals surface area contributed by atoms with Crippen LogP contribution >= 0.6 is 0 Å². The fourth-order valence-corrected chi connectivity index (χ4v) is 3.09. The molecule has 1 amide bonds. The molecule has 0 saturated heterocycles. The van der Waals surface area contributed by atoms with Gasteiger partial charge in [-0.05, 0) is 43.2 Å². The second-order valence-electron chi connectivity index (χ2n) is 6.22. The molecule has 1 heterocycles. The van der Waals surface area contributed by atoms with Gasteiger partial charge in [0.25, 0.3) is 5.56 Å². The van der Waals surface area contributed by atoms with E-state index in [9.17, 15) is 9.59 Å². The van der Waals surface area contributed by atoms with E-state index in [2.05, 4.69) is 22.5 Å². The van der Waals surface area contributed by atoms with E-state index in [1.54, 1.807) is 6.07 Å². The predicted molar refractivity (Wildman–Crippen MR) is 92.9 cm³/mol. The van der Waals surface area contributed by atoms with Crippen LogP contribution in [0.5, 0.6) is 0 Å². The lowest BCUT2D eigenvalue weighted by Crippen LogP contribution is -2.32. The minimum atomic E-state index is -0.0750. The highest BCUT2D eigenvalue weighted by atomic mass is 16.1. The van der Waals surface area contributed by atoms with Gasteiger partial charge in [-0.25, -0.2) is 4.68 Å². The third-order valence-electron chi connectivity index (χ3n) is 4.38. The number of carbonyl (C=O) groups is 1. The summed E-state index contributed by atoms with van der Waals surface area (Å²) in [6.07, 6.45) is 5.20. The zero-order valence-corrected chi connectivity index (χ0v) is 13.8. The van der Waals surface area contributed by atoms with E-state index in [4.69, 9.17) is 0 Å². The SMILES string of the molecule is O=C(CCCc1ccccc1)NCCn1nc2c(cc1=O)CCC2. The van der Waals surface area contributed by atoms with Crippen molar-refractivity contribution in [2.75, 3.05) is 6.54 Å². The van der Waals surface area contributed by atoms with Gasteiger partial charge in [0.2, 0.25) is 5.91 Å². The number of aryl methyl sites for hydroxylation is 3. The Hall–Kier alpha value is -2.43. The number of aromatic nitrogens is 2. The maximum Gasteiger partial charge on any atom is 0.267 e. The fourth-order valence-electron chi connectivity index (χ4n) is 3.09. The number of benzene rings is 1. The molecule has 24 heavy (non-hydrogen) atoms. The number of rotatable bonds is 7. The van der Waals surface area contributed by atoms with Crippen LogP contribution in [-0.4, -0.2) is 22.2 Å². The van der Waals surface area contributed by atoms with Gasteiger partial charge >= 0.3 is 0 Å². The van der Waals surface area contributed by atoms with Crippen LogP contribution in [0.25, 0.3) is 0 Å². The molecule has 5 heteroatoms. The van der Waals surface area contributed by atoms with Gasteiger partial charge in [-0.15, -0.1) is 0 Å². The first kappa shape index (κ1) is 16.4. The minimum Gasteiger partial charge on any atom is -0.354 e. The van der Waals surface area contributed by atoms with Gasteiger partial charge in [-0.2, -0.15) is 5.10 Å². The van der Waals surface area contributed by atoms with Gasteiger partial charge in [-0.3, -0.25) is 9.59 Å². The summed E-state index contributed by atoms with van der Waals surface area (Å²) in [6.45, 7) is 0.867. The summed E-state index contributed by atoms with van der Waals surface area (Å²) in [5.74, 6) is 0.0279. The Kier molecular flexibility index (Phi) is 5.41. The second-order valence-corrected chi connectivity index (χ2v) is 6.22. The fraction of sp³-hybridized carbons (Fsp3) is 0.421. The third-order valence-corrected chi connectivity index (χ3v) is 4.38. The summed E-state index contributed by atoms with van der Waals surface area (Å²) in [7, 11) is 0. The molecule has 0 unspecified atom stereocenters. The maximum absolute atomic E-state index is 12.0. The van der Waals surface area contributed by atoms with Crippen LogP contribution in [0.3, 0.4) is 0 Å². The Morgan fingerprint density at radius 1 is 1.21 bits per heavy atom. The number of hydrogen-bond donors (Lipinski definition) is 1. The molecule has 2 aromatic rings. The zero-order chi connectivity index (χ0) is 16.8. The van der Waals surface area contributed by atoms with Crippen molar-refractivity contribution in [2.24, 2.45) is 0 Å². The first-order chi connectivity index (χ1) is 11.7. The molecule has 0 saturated carbocycles. The number of carbonyl (C=O) groups excluding carboxylic acids is 1. The smallest absolute Gasteiger partial charge is 0.267 e. The third kappa shape index (κ3) is 4.31. The molecule has 1 aromatic carbocycles. The largest absolute Gasteiger partial charge is 0.354 e. The standard InChI is InChI=1S/C19H23N3O2/c23-18(11-4-8-15-6-2-1-3-7-15)20-12-13-22-19(24)14-16-9-5-10-17(16)21-22/h1-3,6-7,14H,4-5,8-13H2,(H,20,23). The number of hydrogen-bond acceptors (Lipinski definition) is 3. The van der Waals surface area contributed by atoms with E-state index < -0.39 is 0 Å². The van der Waals surface area contributed by atoms with Crippen LogP contribution in [0, 0.1) is 0 Å². The highest BCUT2D eigenvalue weighted by molar-refractivity contribution is 5.75. The molecule has 126 valence electrons. The molecule has 1 aliphatic rings. The van der Waals surface area contributed by atoms with Gasteiger partial charge < -0.3 is 5.32 Å². The molecule has 0 aliphatic heterocycles. The van der Waals surface area contributed by atoms with E-state index in [-0.39, 0.29) is 11.5 Å². The van der Waals surface area contributed by atoms with Gasteiger partial charge in [0.05, 0.1) is 12.2 Å². The summed E-state index contributed by atoms with van der Waals surface area (Å²) in [4.78, 5) is 23.8. The number of nitrogens with one attached hydrogen (secondary N) is 1. The highest BCUT2D eigenvalue weighted by Gasteiger charge is 2.14. The molecule has 1 aliphatic carbocycles. The second kappa shape index (κ2) is 7.90. The van der Waals surface area contributed by atoms with Crippen LogP contribution in [-0.2, 0) is 30.6 Å². The first-order valence-electron chi connectivity index (χ1n) is 8.63. The maximum atomic E-state index is 12.0. The van der Waals surface area contributed by atoms with Gasteiger partial charge in [0.1, 0.15) is 0 Å². The molecule has 0 atom stereocenters. The molecule has 0 bridgehead atoms. The Balaban J connectivity index is 1.40. The van der Waals surface area contributed by atoms with Crippen LogP contribution < -0.4 is 10.9 Å². The van der Waals surface area contributed by atoms with Crippen molar-refractivity contribution < 1.29 is 4.79 Å². The summed E-state index contributed by atoms with van der Waals surface area (Å²) in [5, 5.41) is 7.28. The van der Waals surface area contributed by atoms with Crippen molar-refractivity contribution in [3.05, 3.63) is 63.6 Å². The van der Waals surface area contributed by atoms with E-state index in [0.717, 1.165) is 43.4 Å². The Morgan fingerprint density at radius 3 is 2.88 bits per heavy atom. The molecule has 0 spiro atoms. The van der Waals surface area contributed by atoms with Crippen molar-refractivity contribution >= 4 is 5.91 Å². The van der Waals surface area contributed by atoms with Crippen LogP contribution in [0.4, 0.5) is 0 Å². The molecule has 1 N–H and O–H groups in total. The average molecular weight is 325 g/mol. The van der Waals surface area contributed by atoms with Gasteiger partial charge in [0, 0.05) is 19.0 Å². The molecule has 0 fully saturated rings. The summed E-state index contributed by atoms with van der Waals surface area (Å²) >= 11 is 0. The van der Waals surface area contributed by atoms with Crippen molar-refractivity contribution in [1.29, 1.82) is 0 Å². The number of fused-ring (bicyclic) bond motifs is 1. The van der Waals surface area contributed by atoms with Gasteiger partial charge in [-0.1, -0.05) is 30.3 Å². The van der Waals surface area contributed by atoms with E-state index in [1.807, 2.05) is 18.2 Å². The van der Waals surface area contributed by atoms with Crippen molar-refractivity contribution in [3.8, 4) is 0 Å². The van der Waals surface area contributed by atoms with E-state index >= 15 is 0 Å². The van der Waals surface area contributed by atoms with Crippen molar-refractivity contribution in [3.63, 3.8) is 0 Å². The first-order valence-corrected chi connectivity index (χ1v) is 8.63. The lowest BCUT2D eigenvalue weighted by atomic mass is 10.1. The predicted octanol–water partition coefficient (Wildman–Crippen LogP) is 1.87. The molecule has 1 aromatic heterocycles. The molecule has 0 radical (unpaired) electrons. The highest BCUT2D eigenvalue weighted by Crippen LogP contribution is 2.16. The Morgan fingerprint density at radius 2 is 2.04 bits per heavy atom. The lowest BCUT2D eigenvalue weighted by Gasteiger charge is -2.08. The van der Waals surface area contributed by atoms with Crippen LogP contribution in [0.2, 0.25) is 0 Å². The summed E-state index contributed by atoms with van der Waals surface area (Å²) < 4.78 is 1.47. The minimum absolute atomic E-state index is 0.0279. The Labute approximate surface area is 141 Å². The zero-order valence-electron chi connectivity index (χ0n) is 13.8. The van der Waals surface area contributed by atoms with E-state index in [0.29, 0.717) is 19.5 Å². The van der Waals surface area contributed by atoms with E-state index in [1.165, 1.54) is 10.2 Å². The number of nitrogens with zero attached hydrogens (tertiary/aromatic N) is 2. The van der Waals surface area contributed by atoms with Crippen molar-refractivity contribution in [2.45, 2.75) is 45.1 Å². The van der Waals surface area contributed by atoms with Gasteiger partial charge in [0.15, 0.2) is 0 Å². The topological polar surface area (TPSA) is 64.0 Å². The van der Waals surface area contributed by atoms with Crippen molar-refractivity contribution in [1.82, 2.24) is 15.1 Å². The monoisotopic (exact) mass is 325 g/mol. The molecular formula is C19H23N3O2. The Bertz CT molecular complexity index is 753.